The predicted molar refractivity (Wildman–Crippen MR) is 218 cm³/mol. The number of carbonyl (C=O) groups excluding carboxylic acids is 4. The Labute approximate surface area is 334 Å². The number of hydrogen-bond donors (Lipinski definition) is 0. The molecule has 56 heavy (non-hydrogen) atoms. The summed E-state index contributed by atoms with van der Waals surface area (Å²) >= 11 is 0. The van der Waals surface area contributed by atoms with Gasteiger partial charge in [0.1, 0.15) is 12.2 Å². The van der Waals surface area contributed by atoms with Gasteiger partial charge >= 0.3 is 23.9 Å². The van der Waals surface area contributed by atoms with Crippen molar-refractivity contribution in [3.63, 3.8) is 0 Å². The molecule has 0 aliphatic heterocycles. The van der Waals surface area contributed by atoms with Crippen molar-refractivity contribution in [1.82, 2.24) is 0 Å². The molecule has 8 heteroatoms. The minimum Gasteiger partial charge on any atom is -0.463 e. The van der Waals surface area contributed by atoms with E-state index in [2.05, 4.69) is 13.2 Å². The largest absolute Gasteiger partial charge is 0.463 e. The molecular weight excluding hydrogens is 705 g/mol. The molecule has 2 atom stereocenters. The third-order valence-electron chi connectivity index (χ3n) is 12.5. The lowest BCUT2D eigenvalue weighted by molar-refractivity contribution is -0.138. The van der Waals surface area contributed by atoms with Gasteiger partial charge in [-0.3, -0.25) is 0 Å². The molecule has 3 saturated carbocycles. The van der Waals surface area contributed by atoms with Gasteiger partial charge in [0.2, 0.25) is 0 Å². The molecule has 3 fully saturated rings. The molecule has 0 spiro atoms. The van der Waals surface area contributed by atoms with E-state index in [1.165, 1.54) is 74.6 Å². The second kappa shape index (κ2) is 23.1. The molecule has 0 unspecified atom stereocenters. The van der Waals surface area contributed by atoms with Crippen LogP contribution in [-0.2, 0) is 41.4 Å². The zero-order valence-electron chi connectivity index (χ0n) is 33.5. The van der Waals surface area contributed by atoms with E-state index < -0.39 is 12.2 Å². The van der Waals surface area contributed by atoms with Gasteiger partial charge in [0.05, 0.1) is 24.3 Å². The number of carbonyl (C=O) groups is 4. The Morgan fingerprint density at radius 1 is 0.500 bits per heavy atom. The zero-order chi connectivity index (χ0) is 39.5. The maximum absolute atomic E-state index is 13.2. The van der Waals surface area contributed by atoms with Crippen LogP contribution in [0.4, 0.5) is 0 Å². The summed E-state index contributed by atoms with van der Waals surface area (Å²) in [5.41, 5.74) is 3.50. The van der Waals surface area contributed by atoms with Crippen molar-refractivity contribution in [2.75, 3.05) is 13.2 Å². The third kappa shape index (κ3) is 14.4. The maximum Gasteiger partial charge on any atom is 0.338 e. The first kappa shape index (κ1) is 42.9. The summed E-state index contributed by atoms with van der Waals surface area (Å²) in [5, 5.41) is 0. The maximum atomic E-state index is 13.2. The molecule has 2 aromatic rings. The van der Waals surface area contributed by atoms with Crippen LogP contribution in [0.3, 0.4) is 0 Å². The average molecular weight is 769 g/mol. The Morgan fingerprint density at radius 2 is 0.839 bits per heavy atom. The summed E-state index contributed by atoms with van der Waals surface area (Å²) in [6.07, 6.45) is 23.0. The third-order valence-corrected chi connectivity index (χ3v) is 12.5. The van der Waals surface area contributed by atoms with Gasteiger partial charge in [0, 0.05) is 12.2 Å². The Bertz CT molecular complexity index is 1430. The highest BCUT2D eigenvalue weighted by Crippen LogP contribution is 2.35. The standard InChI is InChI=1S/C48H64O8/c1-3-45(49)53-33-7-9-35-13-17-37(18-14-35)21-23-39-25-29-41(30-26-39)47(51)55-43-11-5-6-12-44(43)56-48(52)42-31-27-40(28-32-42)24-22-38-19-15-36(16-20-38)10-8-34-54-46(50)4-2/h3-4,25-32,35-38,43-44H,1-2,5-24,33-34H2/t35-,36-,37-,38-,43-,44-/m1/s1. The van der Waals surface area contributed by atoms with Crippen LogP contribution in [0, 0.1) is 23.7 Å². The number of rotatable bonds is 20. The molecule has 0 radical (unpaired) electrons. The normalized spacial score (nSPS) is 23.6. The SMILES string of the molecule is C=CC(=O)OCCC[C@H]1CC[C@H](CCc2ccc(C(=O)O[C@@H]3CCCC[C@H]3OC(=O)c3ccc(CC[C@H]4CC[C@H](CCCOC(=O)C=C)CC4)cc3)cc2)CC1. The molecular formula is C48H64O8. The van der Waals surface area contributed by atoms with Gasteiger partial charge < -0.3 is 18.9 Å². The second-order valence-electron chi connectivity index (χ2n) is 16.4. The van der Waals surface area contributed by atoms with Crippen molar-refractivity contribution in [2.24, 2.45) is 23.7 Å². The molecule has 0 N–H and O–H groups in total. The van der Waals surface area contributed by atoms with Crippen LogP contribution >= 0.6 is 0 Å². The van der Waals surface area contributed by atoms with E-state index in [1.807, 2.05) is 48.5 Å². The molecule has 5 rings (SSSR count). The monoisotopic (exact) mass is 768 g/mol. The van der Waals surface area contributed by atoms with Crippen molar-refractivity contribution in [1.29, 1.82) is 0 Å². The van der Waals surface area contributed by atoms with Crippen molar-refractivity contribution in [2.45, 2.75) is 141 Å². The number of esters is 4. The van der Waals surface area contributed by atoms with Crippen LogP contribution in [0.2, 0.25) is 0 Å². The summed E-state index contributed by atoms with van der Waals surface area (Å²) in [6.45, 7) is 7.82. The first-order valence-corrected chi connectivity index (χ1v) is 21.5. The fourth-order valence-electron chi connectivity index (χ4n) is 8.93. The molecule has 0 amide bonds. The van der Waals surface area contributed by atoms with Gasteiger partial charge in [-0.15, -0.1) is 0 Å². The quantitative estimate of drug-likeness (QED) is 0.0567. The first-order valence-electron chi connectivity index (χ1n) is 21.5. The number of hydrogen-bond acceptors (Lipinski definition) is 8. The summed E-state index contributed by atoms with van der Waals surface area (Å²) in [4.78, 5) is 48.8. The molecule has 304 valence electrons. The molecule has 0 aromatic heterocycles. The Kier molecular flexibility index (Phi) is 17.7. The van der Waals surface area contributed by atoms with Crippen molar-refractivity contribution >= 4 is 23.9 Å². The van der Waals surface area contributed by atoms with Gasteiger partial charge in [0.25, 0.3) is 0 Å². The van der Waals surface area contributed by atoms with Crippen LogP contribution in [0.1, 0.15) is 147 Å². The molecule has 2 aromatic carbocycles. The summed E-state index contributed by atoms with van der Waals surface area (Å²) < 4.78 is 22.2. The fourth-order valence-corrected chi connectivity index (χ4v) is 8.93. The lowest BCUT2D eigenvalue weighted by Crippen LogP contribution is -2.37. The molecule has 0 bridgehead atoms. The van der Waals surface area contributed by atoms with Crippen molar-refractivity contribution in [3.8, 4) is 0 Å². The number of ether oxygens (including phenoxy) is 4. The van der Waals surface area contributed by atoms with E-state index in [4.69, 9.17) is 18.9 Å². The minimum atomic E-state index is -0.457. The van der Waals surface area contributed by atoms with E-state index in [0.717, 1.165) is 87.9 Å². The highest BCUT2D eigenvalue weighted by Gasteiger charge is 2.32. The second-order valence-corrected chi connectivity index (χ2v) is 16.4. The number of benzene rings is 2. The summed E-state index contributed by atoms with van der Waals surface area (Å²) in [6, 6.07) is 15.6. The van der Waals surface area contributed by atoms with Crippen molar-refractivity contribution in [3.05, 3.63) is 96.1 Å². The Morgan fingerprint density at radius 3 is 1.18 bits per heavy atom. The van der Waals surface area contributed by atoms with E-state index in [1.54, 1.807) is 0 Å². The van der Waals surface area contributed by atoms with E-state index in [0.29, 0.717) is 37.2 Å². The molecule has 0 heterocycles. The van der Waals surface area contributed by atoms with Crippen LogP contribution in [0.25, 0.3) is 0 Å². The molecule has 3 aliphatic rings. The first-order chi connectivity index (χ1) is 27.3. The molecule has 3 aliphatic carbocycles. The van der Waals surface area contributed by atoms with E-state index in [9.17, 15) is 19.2 Å². The Hall–Kier alpha value is -4.20. The predicted octanol–water partition coefficient (Wildman–Crippen LogP) is 10.5. The Balaban J connectivity index is 0.979. The van der Waals surface area contributed by atoms with Gasteiger partial charge in [-0.1, -0.05) is 88.8 Å². The summed E-state index contributed by atoms with van der Waals surface area (Å²) in [5.74, 6) is 1.46. The van der Waals surface area contributed by atoms with Crippen LogP contribution in [0.5, 0.6) is 0 Å². The van der Waals surface area contributed by atoms with Gasteiger partial charge in [-0.25, -0.2) is 19.2 Å². The average Bonchev–Trinajstić information content (AvgIpc) is 3.24. The van der Waals surface area contributed by atoms with Gasteiger partial charge in [0.15, 0.2) is 0 Å². The lowest BCUT2D eigenvalue weighted by atomic mass is 9.78. The minimum absolute atomic E-state index is 0.343. The van der Waals surface area contributed by atoms with Crippen LogP contribution < -0.4 is 0 Å². The topological polar surface area (TPSA) is 105 Å². The fraction of sp³-hybridized carbons (Fsp3) is 0.583. The zero-order valence-corrected chi connectivity index (χ0v) is 33.5. The van der Waals surface area contributed by atoms with Crippen LogP contribution in [0.15, 0.2) is 73.8 Å². The lowest BCUT2D eigenvalue weighted by Gasteiger charge is -2.30. The van der Waals surface area contributed by atoms with Crippen LogP contribution in [-0.4, -0.2) is 49.3 Å². The number of aryl methyl sites for hydroxylation is 2. The molecule has 0 saturated heterocycles. The van der Waals surface area contributed by atoms with Gasteiger partial charge in [-0.05, 0) is 136 Å². The highest BCUT2D eigenvalue weighted by atomic mass is 16.6. The van der Waals surface area contributed by atoms with Crippen molar-refractivity contribution < 1.29 is 38.1 Å². The smallest absolute Gasteiger partial charge is 0.338 e. The van der Waals surface area contributed by atoms with E-state index in [-0.39, 0.29) is 23.9 Å². The van der Waals surface area contributed by atoms with E-state index >= 15 is 0 Å². The summed E-state index contributed by atoms with van der Waals surface area (Å²) in [7, 11) is 0. The molecule has 8 nitrogen and oxygen atoms in total. The highest BCUT2D eigenvalue weighted by molar-refractivity contribution is 5.90. The van der Waals surface area contributed by atoms with Gasteiger partial charge in [-0.2, -0.15) is 0 Å².